The molecule has 0 bridgehead atoms. The van der Waals surface area contributed by atoms with Gasteiger partial charge in [0.2, 0.25) is 0 Å². The average Bonchev–Trinajstić information content (AvgIpc) is 3.12. The maximum atomic E-state index is 12.1. The van der Waals surface area contributed by atoms with Crippen molar-refractivity contribution in [1.29, 1.82) is 0 Å². The van der Waals surface area contributed by atoms with Crippen molar-refractivity contribution in [1.82, 2.24) is 16.0 Å². The highest BCUT2D eigenvalue weighted by molar-refractivity contribution is 6.42. The van der Waals surface area contributed by atoms with Crippen LogP contribution < -0.4 is 16.0 Å². The van der Waals surface area contributed by atoms with E-state index in [0.717, 1.165) is 12.3 Å². The van der Waals surface area contributed by atoms with Crippen LogP contribution in [0.3, 0.4) is 0 Å². The first kappa shape index (κ1) is 19.1. The highest BCUT2D eigenvalue weighted by atomic mass is 35.5. The lowest BCUT2D eigenvalue weighted by Crippen LogP contribution is -2.41. The number of amides is 1. The van der Waals surface area contributed by atoms with Crippen molar-refractivity contribution in [3.05, 3.63) is 58.0 Å². The number of carbonyl (C=O) groups excluding carboxylic acids is 1. The number of furan rings is 1. The summed E-state index contributed by atoms with van der Waals surface area (Å²) in [5.41, 5.74) is 0.466. The number of nitrogens with one attached hydrogen (secondary N) is 3. The van der Waals surface area contributed by atoms with Gasteiger partial charge in [-0.05, 0) is 37.3 Å². The Balaban J connectivity index is 1.78. The fourth-order valence-electron chi connectivity index (χ4n) is 2.00. The molecule has 1 amide bonds. The summed E-state index contributed by atoms with van der Waals surface area (Å²) in [7, 11) is 0. The molecule has 0 unspecified atom stereocenters. The number of aliphatic imine (C=N–C) groups is 1. The molecule has 25 heavy (non-hydrogen) atoms. The summed E-state index contributed by atoms with van der Waals surface area (Å²) in [6.07, 6.45) is 1.61. The normalized spacial score (nSPS) is 11.2. The lowest BCUT2D eigenvalue weighted by Gasteiger charge is -2.11. The predicted octanol–water partition coefficient (Wildman–Crippen LogP) is 3.07. The molecule has 3 N–H and O–H groups in total. The Bertz CT molecular complexity index is 717. The Hall–Kier alpha value is -2.18. The highest BCUT2D eigenvalue weighted by Gasteiger charge is 2.07. The number of benzene rings is 1. The molecule has 0 fully saturated rings. The van der Waals surface area contributed by atoms with Crippen molar-refractivity contribution in [3.63, 3.8) is 0 Å². The molecule has 0 atom stereocenters. The Morgan fingerprint density at radius 2 is 1.92 bits per heavy atom. The molecule has 1 heterocycles. The fourth-order valence-corrected chi connectivity index (χ4v) is 2.30. The number of guanidine groups is 1. The predicted molar refractivity (Wildman–Crippen MR) is 100 cm³/mol. The van der Waals surface area contributed by atoms with Crippen LogP contribution in [0.25, 0.3) is 0 Å². The van der Waals surface area contributed by atoms with Gasteiger partial charge in [0.25, 0.3) is 5.91 Å². The van der Waals surface area contributed by atoms with Crippen LogP contribution in [0.1, 0.15) is 23.0 Å². The Morgan fingerprint density at radius 1 is 1.12 bits per heavy atom. The zero-order valence-electron chi connectivity index (χ0n) is 13.8. The van der Waals surface area contributed by atoms with Crippen molar-refractivity contribution in [2.75, 3.05) is 19.6 Å². The van der Waals surface area contributed by atoms with Crippen LogP contribution in [0.5, 0.6) is 0 Å². The zero-order chi connectivity index (χ0) is 18.1. The second kappa shape index (κ2) is 9.96. The summed E-state index contributed by atoms with van der Waals surface area (Å²) in [6.45, 7) is 4.12. The molecule has 2 rings (SSSR count). The van der Waals surface area contributed by atoms with Gasteiger partial charge in [-0.15, -0.1) is 0 Å². The Labute approximate surface area is 156 Å². The molecule has 0 spiro atoms. The van der Waals surface area contributed by atoms with Crippen LogP contribution >= 0.6 is 23.2 Å². The summed E-state index contributed by atoms with van der Waals surface area (Å²) >= 11 is 11.8. The van der Waals surface area contributed by atoms with Crippen LogP contribution in [-0.2, 0) is 6.54 Å². The standard InChI is InChI=1S/C17H20Cl2N4O2/c1-2-20-17(23-11-13-4-3-9-25-13)22-8-7-21-16(24)12-5-6-14(18)15(19)10-12/h3-6,9-10H,2,7-8,11H2,1H3,(H,21,24)(H2,20,22,23). The molecule has 0 radical (unpaired) electrons. The maximum Gasteiger partial charge on any atom is 0.251 e. The van der Waals surface area contributed by atoms with Gasteiger partial charge in [0.1, 0.15) is 12.3 Å². The van der Waals surface area contributed by atoms with E-state index in [1.807, 2.05) is 19.1 Å². The molecule has 1 aromatic carbocycles. The lowest BCUT2D eigenvalue weighted by molar-refractivity contribution is 0.0954. The van der Waals surface area contributed by atoms with Gasteiger partial charge in [0, 0.05) is 25.2 Å². The minimum atomic E-state index is -0.210. The van der Waals surface area contributed by atoms with Crippen LogP contribution in [0, 0.1) is 0 Å². The molecule has 6 nitrogen and oxygen atoms in total. The van der Waals surface area contributed by atoms with E-state index in [4.69, 9.17) is 27.6 Å². The van der Waals surface area contributed by atoms with E-state index < -0.39 is 0 Å². The molecule has 134 valence electrons. The number of carbonyl (C=O) groups is 1. The number of halogens is 2. The summed E-state index contributed by atoms with van der Waals surface area (Å²) in [5, 5.41) is 9.86. The maximum absolute atomic E-state index is 12.1. The molecule has 8 heteroatoms. The molecule has 0 aliphatic rings. The zero-order valence-corrected chi connectivity index (χ0v) is 15.3. The van der Waals surface area contributed by atoms with Gasteiger partial charge >= 0.3 is 0 Å². The molecule has 0 aliphatic carbocycles. The van der Waals surface area contributed by atoms with Gasteiger partial charge in [-0.3, -0.25) is 4.79 Å². The summed E-state index contributed by atoms with van der Waals surface area (Å²) in [5.74, 6) is 1.23. The van der Waals surface area contributed by atoms with Crippen molar-refractivity contribution < 1.29 is 9.21 Å². The highest BCUT2D eigenvalue weighted by Crippen LogP contribution is 2.22. The third-order valence-electron chi connectivity index (χ3n) is 3.20. The number of hydrogen-bond acceptors (Lipinski definition) is 3. The minimum absolute atomic E-state index is 0.210. The van der Waals surface area contributed by atoms with E-state index >= 15 is 0 Å². The summed E-state index contributed by atoms with van der Waals surface area (Å²) in [4.78, 5) is 16.5. The molecule has 0 aliphatic heterocycles. The first-order valence-corrected chi connectivity index (χ1v) is 8.63. The lowest BCUT2D eigenvalue weighted by atomic mass is 10.2. The first-order chi connectivity index (χ1) is 12.1. The van der Waals surface area contributed by atoms with Crippen molar-refractivity contribution in [2.24, 2.45) is 4.99 Å². The molecule has 2 aromatic rings. The molecular formula is C17H20Cl2N4O2. The number of nitrogens with zero attached hydrogens (tertiary/aromatic N) is 1. The van der Waals surface area contributed by atoms with Crippen molar-refractivity contribution in [2.45, 2.75) is 13.5 Å². The topological polar surface area (TPSA) is 78.7 Å². The molecule has 0 saturated heterocycles. The quantitative estimate of drug-likeness (QED) is 0.390. The van der Waals surface area contributed by atoms with Gasteiger partial charge < -0.3 is 20.4 Å². The Kier molecular flexibility index (Phi) is 7.63. The SMILES string of the molecule is CCNC(=NCc1ccco1)NCCNC(=O)c1ccc(Cl)c(Cl)c1. The fraction of sp³-hybridized carbons (Fsp3) is 0.294. The van der Waals surface area contributed by atoms with Crippen LogP contribution in [0.4, 0.5) is 0 Å². The van der Waals surface area contributed by atoms with E-state index in [1.54, 1.807) is 24.5 Å². The van der Waals surface area contributed by atoms with Gasteiger partial charge in [-0.2, -0.15) is 0 Å². The van der Waals surface area contributed by atoms with Crippen molar-refractivity contribution in [3.8, 4) is 0 Å². The average molecular weight is 383 g/mol. The molecule has 0 saturated carbocycles. The number of hydrogen-bond donors (Lipinski definition) is 3. The van der Waals surface area contributed by atoms with E-state index in [1.165, 1.54) is 0 Å². The number of rotatable bonds is 7. The first-order valence-electron chi connectivity index (χ1n) is 7.88. The van der Waals surface area contributed by atoms with E-state index in [0.29, 0.717) is 41.2 Å². The summed E-state index contributed by atoms with van der Waals surface area (Å²) < 4.78 is 5.25. The minimum Gasteiger partial charge on any atom is -0.467 e. The van der Waals surface area contributed by atoms with Crippen LogP contribution in [0.15, 0.2) is 46.0 Å². The van der Waals surface area contributed by atoms with Gasteiger partial charge in [0.15, 0.2) is 5.96 Å². The third-order valence-corrected chi connectivity index (χ3v) is 3.94. The van der Waals surface area contributed by atoms with Gasteiger partial charge in [-0.1, -0.05) is 23.2 Å². The van der Waals surface area contributed by atoms with Crippen LogP contribution in [-0.4, -0.2) is 31.5 Å². The van der Waals surface area contributed by atoms with E-state index in [9.17, 15) is 4.79 Å². The van der Waals surface area contributed by atoms with Gasteiger partial charge in [0.05, 0.1) is 16.3 Å². The third kappa shape index (κ3) is 6.32. The van der Waals surface area contributed by atoms with Gasteiger partial charge in [-0.25, -0.2) is 4.99 Å². The molecule has 1 aromatic heterocycles. The smallest absolute Gasteiger partial charge is 0.251 e. The second-order valence-electron chi connectivity index (χ2n) is 5.09. The summed E-state index contributed by atoms with van der Waals surface area (Å²) in [6, 6.07) is 8.46. The van der Waals surface area contributed by atoms with E-state index in [2.05, 4.69) is 20.9 Å². The van der Waals surface area contributed by atoms with Crippen LogP contribution in [0.2, 0.25) is 10.0 Å². The Morgan fingerprint density at radius 3 is 2.60 bits per heavy atom. The second-order valence-corrected chi connectivity index (χ2v) is 5.90. The van der Waals surface area contributed by atoms with E-state index in [-0.39, 0.29) is 5.91 Å². The monoisotopic (exact) mass is 382 g/mol. The largest absolute Gasteiger partial charge is 0.467 e. The van der Waals surface area contributed by atoms with Crippen molar-refractivity contribution >= 4 is 35.1 Å². The molecular weight excluding hydrogens is 363 g/mol.